The fourth-order valence-corrected chi connectivity index (χ4v) is 3.01. The van der Waals surface area contributed by atoms with E-state index >= 15 is 0 Å². The lowest BCUT2D eigenvalue weighted by molar-refractivity contribution is 0.0696. The SMILES string of the molecule is O=C(O)c1ccc2cc3n(c2c1)CC1(CC1)CNC3=O. The average Bonchev–Trinajstić information content (AvgIpc) is 3.13. The molecular weight excluding hydrogens is 256 g/mol. The number of hydrogen-bond acceptors (Lipinski definition) is 2. The van der Waals surface area contributed by atoms with Gasteiger partial charge in [-0.3, -0.25) is 4.79 Å². The van der Waals surface area contributed by atoms with Gasteiger partial charge >= 0.3 is 5.97 Å². The van der Waals surface area contributed by atoms with Gasteiger partial charge in [-0.05, 0) is 31.0 Å². The second-order valence-electron chi connectivity index (χ2n) is 5.88. The number of nitrogens with zero attached hydrogens (tertiary/aromatic N) is 1. The van der Waals surface area contributed by atoms with Gasteiger partial charge in [0.2, 0.25) is 0 Å². The van der Waals surface area contributed by atoms with Gasteiger partial charge in [0, 0.05) is 29.4 Å². The lowest BCUT2D eigenvalue weighted by atomic mass is 10.1. The summed E-state index contributed by atoms with van der Waals surface area (Å²) in [5, 5.41) is 13.0. The molecule has 1 amide bonds. The Hall–Kier alpha value is -2.30. The predicted molar refractivity (Wildman–Crippen MR) is 72.9 cm³/mol. The van der Waals surface area contributed by atoms with E-state index in [9.17, 15) is 9.59 Å². The zero-order chi connectivity index (χ0) is 13.9. The van der Waals surface area contributed by atoms with Crippen LogP contribution in [0.1, 0.15) is 33.7 Å². The summed E-state index contributed by atoms with van der Waals surface area (Å²) in [6, 6.07) is 6.86. The number of fused-ring (bicyclic) bond motifs is 3. The molecule has 1 spiro atoms. The molecule has 2 aliphatic rings. The fraction of sp³-hybridized carbons (Fsp3) is 0.333. The van der Waals surface area contributed by atoms with Gasteiger partial charge in [-0.1, -0.05) is 6.07 Å². The molecular formula is C15H14N2O3. The van der Waals surface area contributed by atoms with E-state index in [1.54, 1.807) is 18.2 Å². The minimum atomic E-state index is -0.943. The quantitative estimate of drug-likeness (QED) is 0.831. The van der Waals surface area contributed by atoms with Crippen molar-refractivity contribution >= 4 is 22.8 Å². The normalized spacial score (nSPS) is 19.5. The van der Waals surface area contributed by atoms with Crippen molar-refractivity contribution in [3.05, 3.63) is 35.5 Å². The maximum Gasteiger partial charge on any atom is 0.335 e. The minimum Gasteiger partial charge on any atom is -0.478 e. The first-order chi connectivity index (χ1) is 9.58. The highest BCUT2D eigenvalue weighted by molar-refractivity contribution is 6.01. The number of rotatable bonds is 1. The van der Waals surface area contributed by atoms with Gasteiger partial charge in [-0.2, -0.15) is 0 Å². The highest BCUT2D eigenvalue weighted by Gasteiger charge is 2.45. The van der Waals surface area contributed by atoms with Crippen LogP contribution >= 0.6 is 0 Å². The number of carboxylic acids is 1. The van der Waals surface area contributed by atoms with Gasteiger partial charge in [0.15, 0.2) is 0 Å². The van der Waals surface area contributed by atoms with Crippen molar-refractivity contribution in [2.75, 3.05) is 6.54 Å². The number of amides is 1. The van der Waals surface area contributed by atoms with Crippen molar-refractivity contribution in [3.63, 3.8) is 0 Å². The molecule has 1 aliphatic carbocycles. The Balaban J connectivity index is 1.95. The largest absolute Gasteiger partial charge is 0.478 e. The monoisotopic (exact) mass is 270 g/mol. The molecule has 1 aliphatic heterocycles. The lowest BCUT2D eigenvalue weighted by Gasteiger charge is -2.13. The van der Waals surface area contributed by atoms with E-state index < -0.39 is 5.97 Å². The van der Waals surface area contributed by atoms with Crippen LogP contribution in [0.3, 0.4) is 0 Å². The molecule has 1 aromatic carbocycles. The van der Waals surface area contributed by atoms with Crippen molar-refractivity contribution < 1.29 is 14.7 Å². The third-order valence-electron chi connectivity index (χ3n) is 4.46. The number of nitrogens with one attached hydrogen (secondary N) is 1. The van der Waals surface area contributed by atoms with Gasteiger partial charge < -0.3 is 15.0 Å². The number of carbonyl (C=O) groups excluding carboxylic acids is 1. The first-order valence-corrected chi connectivity index (χ1v) is 6.73. The summed E-state index contributed by atoms with van der Waals surface area (Å²) >= 11 is 0. The van der Waals surface area contributed by atoms with Crippen LogP contribution in [0.4, 0.5) is 0 Å². The maximum absolute atomic E-state index is 12.2. The summed E-state index contributed by atoms with van der Waals surface area (Å²) in [5.74, 6) is -1.01. The summed E-state index contributed by atoms with van der Waals surface area (Å²) in [6.45, 7) is 1.50. The summed E-state index contributed by atoms with van der Waals surface area (Å²) in [7, 11) is 0. The Morgan fingerprint density at radius 2 is 2.10 bits per heavy atom. The number of benzene rings is 1. The van der Waals surface area contributed by atoms with Gasteiger partial charge in [-0.15, -0.1) is 0 Å². The van der Waals surface area contributed by atoms with E-state index in [1.165, 1.54) is 0 Å². The second kappa shape index (κ2) is 3.62. The molecule has 2 heterocycles. The minimum absolute atomic E-state index is 0.0677. The van der Waals surface area contributed by atoms with Gasteiger partial charge in [0.1, 0.15) is 5.69 Å². The van der Waals surface area contributed by atoms with Crippen molar-refractivity contribution in [2.45, 2.75) is 19.4 Å². The van der Waals surface area contributed by atoms with Crippen LogP contribution in [-0.4, -0.2) is 28.1 Å². The highest BCUT2D eigenvalue weighted by atomic mass is 16.4. The highest BCUT2D eigenvalue weighted by Crippen LogP contribution is 2.48. The topological polar surface area (TPSA) is 71.3 Å². The number of carboxylic acid groups (broad SMARTS) is 1. The predicted octanol–water partition coefficient (Wildman–Crippen LogP) is 1.86. The molecule has 2 N–H and O–H groups in total. The molecule has 0 radical (unpaired) electrons. The molecule has 5 heteroatoms. The summed E-state index contributed by atoms with van der Waals surface area (Å²) in [6.07, 6.45) is 2.23. The van der Waals surface area contributed by atoms with Crippen LogP contribution in [0.25, 0.3) is 10.9 Å². The maximum atomic E-state index is 12.2. The van der Waals surface area contributed by atoms with E-state index in [4.69, 9.17) is 5.11 Å². The summed E-state index contributed by atoms with van der Waals surface area (Å²) in [5.41, 5.74) is 1.90. The summed E-state index contributed by atoms with van der Waals surface area (Å²) in [4.78, 5) is 23.3. The Kier molecular flexibility index (Phi) is 2.09. The molecule has 2 aromatic rings. The smallest absolute Gasteiger partial charge is 0.335 e. The molecule has 5 nitrogen and oxygen atoms in total. The number of aromatic carboxylic acids is 1. The molecule has 1 fully saturated rings. The first kappa shape index (κ1) is 11.5. The number of aromatic nitrogens is 1. The van der Waals surface area contributed by atoms with Crippen molar-refractivity contribution in [1.29, 1.82) is 0 Å². The van der Waals surface area contributed by atoms with E-state index in [-0.39, 0.29) is 16.9 Å². The van der Waals surface area contributed by atoms with Gasteiger partial charge in [0.05, 0.1) is 5.56 Å². The fourth-order valence-electron chi connectivity index (χ4n) is 3.01. The molecule has 1 saturated carbocycles. The first-order valence-electron chi connectivity index (χ1n) is 6.73. The van der Waals surface area contributed by atoms with Crippen LogP contribution < -0.4 is 5.32 Å². The zero-order valence-electron chi connectivity index (χ0n) is 10.8. The van der Waals surface area contributed by atoms with Crippen LogP contribution in [0.5, 0.6) is 0 Å². The van der Waals surface area contributed by atoms with E-state index in [2.05, 4.69) is 5.32 Å². The van der Waals surface area contributed by atoms with Crippen molar-refractivity contribution in [1.82, 2.24) is 9.88 Å². The molecule has 0 unspecified atom stereocenters. The molecule has 1 aromatic heterocycles. The van der Waals surface area contributed by atoms with E-state index in [1.807, 2.05) is 10.6 Å². The standard InChI is InChI=1S/C15H14N2O3/c18-13-12-5-9-1-2-10(14(19)20)6-11(9)17(12)8-15(3-4-15)7-16-13/h1-2,5-6H,3-4,7-8H2,(H,16,18)(H,19,20). The molecule has 0 saturated heterocycles. The number of carbonyl (C=O) groups is 2. The van der Waals surface area contributed by atoms with Crippen molar-refractivity contribution in [2.24, 2.45) is 5.41 Å². The van der Waals surface area contributed by atoms with Gasteiger partial charge in [0.25, 0.3) is 5.91 Å². The average molecular weight is 270 g/mol. The Labute approximate surface area is 115 Å². The van der Waals surface area contributed by atoms with Gasteiger partial charge in [-0.25, -0.2) is 4.79 Å². The molecule has 0 atom stereocenters. The van der Waals surface area contributed by atoms with Crippen LogP contribution in [0, 0.1) is 5.41 Å². The third kappa shape index (κ3) is 1.56. The van der Waals surface area contributed by atoms with E-state index in [0.717, 1.165) is 30.3 Å². The zero-order valence-corrected chi connectivity index (χ0v) is 10.8. The lowest BCUT2D eigenvalue weighted by Crippen LogP contribution is -2.27. The third-order valence-corrected chi connectivity index (χ3v) is 4.46. The van der Waals surface area contributed by atoms with E-state index in [0.29, 0.717) is 12.2 Å². The molecule has 102 valence electrons. The summed E-state index contributed by atoms with van der Waals surface area (Å²) < 4.78 is 1.98. The van der Waals surface area contributed by atoms with Crippen LogP contribution in [-0.2, 0) is 6.54 Å². The Bertz CT molecular complexity index is 756. The number of hydrogen-bond donors (Lipinski definition) is 2. The molecule has 0 bridgehead atoms. The molecule has 20 heavy (non-hydrogen) atoms. The molecule has 4 rings (SSSR count). The Morgan fingerprint density at radius 1 is 1.30 bits per heavy atom. The van der Waals surface area contributed by atoms with Crippen LogP contribution in [0.15, 0.2) is 24.3 Å². The van der Waals surface area contributed by atoms with Crippen molar-refractivity contribution in [3.8, 4) is 0 Å². The van der Waals surface area contributed by atoms with Crippen LogP contribution in [0.2, 0.25) is 0 Å². The Morgan fingerprint density at radius 3 is 2.80 bits per heavy atom. The second-order valence-corrected chi connectivity index (χ2v) is 5.88.